The van der Waals surface area contributed by atoms with Crippen LogP contribution in [0.5, 0.6) is 0 Å². The number of hydrogen-bond acceptors (Lipinski definition) is 3. The van der Waals surface area contributed by atoms with Gasteiger partial charge in [-0.15, -0.1) is 0 Å². The summed E-state index contributed by atoms with van der Waals surface area (Å²) in [6.45, 7) is 10.3. The van der Waals surface area contributed by atoms with Crippen molar-refractivity contribution in [1.82, 2.24) is 9.78 Å². The summed E-state index contributed by atoms with van der Waals surface area (Å²) >= 11 is 0. The lowest BCUT2D eigenvalue weighted by Crippen LogP contribution is -2.42. The molecule has 0 spiro atoms. The molecule has 1 rings (SSSR count). The molecule has 2 unspecified atom stereocenters. The second kappa shape index (κ2) is 5.19. The monoisotopic (exact) mass is 239 g/mol. The zero-order chi connectivity index (χ0) is 13.2. The van der Waals surface area contributed by atoms with Gasteiger partial charge in [0.25, 0.3) is 0 Å². The Morgan fingerprint density at radius 2 is 2.06 bits per heavy atom. The molecule has 0 aliphatic heterocycles. The van der Waals surface area contributed by atoms with Gasteiger partial charge in [-0.3, -0.25) is 4.68 Å². The fourth-order valence-corrected chi connectivity index (χ4v) is 2.46. The summed E-state index contributed by atoms with van der Waals surface area (Å²) in [6.07, 6.45) is 1.72. The summed E-state index contributed by atoms with van der Waals surface area (Å²) < 4.78 is 2.04. The van der Waals surface area contributed by atoms with Crippen LogP contribution in [0.15, 0.2) is 0 Å². The van der Waals surface area contributed by atoms with Crippen LogP contribution in [-0.2, 0) is 6.42 Å². The zero-order valence-corrected chi connectivity index (χ0v) is 11.6. The molecule has 0 saturated carbocycles. The average Bonchev–Trinajstić information content (AvgIpc) is 2.53. The van der Waals surface area contributed by atoms with Crippen LogP contribution in [0.25, 0.3) is 0 Å². The number of nitrogens with two attached hydrogens (primary N) is 1. The standard InChI is InChI=1S/C13H25N3O/c1-6-12-10(3)15-16(11(12)4)9(2)7-13(5,14)8-17/h9,17H,6-8,14H2,1-5H3. The van der Waals surface area contributed by atoms with Crippen molar-refractivity contribution < 1.29 is 5.11 Å². The lowest BCUT2D eigenvalue weighted by molar-refractivity contribution is 0.182. The Balaban J connectivity index is 2.93. The first-order valence-corrected chi connectivity index (χ1v) is 6.26. The summed E-state index contributed by atoms with van der Waals surface area (Å²) in [7, 11) is 0. The van der Waals surface area contributed by atoms with E-state index in [2.05, 4.69) is 25.9 Å². The smallest absolute Gasteiger partial charge is 0.0628 e. The van der Waals surface area contributed by atoms with Crippen molar-refractivity contribution in [3.63, 3.8) is 0 Å². The lowest BCUT2D eigenvalue weighted by atomic mass is 9.96. The maximum atomic E-state index is 9.21. The van der Waals surface area contributed by atoms with Crippen molar-refractivity contribution in [3.05, 3.63) is 17.0 Å². The first-order chi connectivity index (χ1) is 7.82. The number of hydrogen-bond donors (Lipinski definition) is 2. The number of aliphatic hydroxyl groups excluding tert-OH is 1. The van der Waals surface area contributed by atoms with Crippen molar-refractivity contribution >= 4 is 0 Å². The van der Waals surface area contributed by atoms with E-state index in [4.69, 9.17) is 5.73 Å². The molecule has 0 aromatic carbocycles. The van der Waals surface area contributed by atoms with Crippen molar-refractivity contribution in [1.29, 1.82) is 0 Å². The molecule has 1 heterocycles. The van der Waals surface area contributed by atoms with E-state index in [-0.39, 0.29) is 12.6 Å². The van der Waals surface area contributed by atoms with Crippen molar-refractivity contribution in [2.75, 3.05) is 6.61 Å². The van der Waals surface area contributed by atoms with Gasteiger partial charge in [0.15, 0.2) is 0 Å². The van der Waals surface area contributed by atoms with Gasteiger partial charge in [0.1, 0.15) is 0 Å². The molecule has 1 aromatic rings. The lowest BCUT2D eigenvalue weighted by Gasteiger charge is -2.26. The van der Waals surface area contributed by atoms with Gasteiger partial charge >= 0.3 is 0 Å². The molecule has 17 heavy (non-hydrogen) atoms. The Labute approximate surface area is 104 Å². The van der Waals surface area contributed by atoms with Gasteiger partial charge in [-0.2, -0.15) is 5.10 Å². The summed E-state index contributed by atoms with van der Waals surface area (Å²) in [4.78, 5) is 0. The molecule has 4 nitrogen and oxygen atoms in total. The molecule has 0 fully saturated rings. The first kappa shape index (κ1) is 14.2. The highest BCUT2D eigenvalue weighted by Crippen LogP contribution is 2.23. The van der Waals surface area contributed by atoms with Crippen LogP contribution in [0.3, 0.4) is 0 Å². The van der Waals surface area contributed by atoms with E-state index in [1.54, 1.807) is 0 Å². The third-order valence-corrected chi connectivity index (χ3v) is 3.37. The molecule has 0 bridgehead atoms. The SMILES string of the molecule is CCc1c(C)nn(C(C)CC(C)(N)CO)c1C. The molecule has 0 saturated heterocycles. The van der Waals surface area contributed by atoms with E-state index in [1.807, 2.05) is 18.5 Å². The van der Waals surface area contributed by atoms with E-state index >= 15 is 0 Å². The molecule has 98 valence electrons. The highest BCUT2D eigenvalue weighted by molar-refractivity contribution is 5.24. The van der Waals surface area contributed by atoms with Crippen LogP contribution in [-0.4, -0.2) is 27.0 Å². The van der Waals surface area contributed by atoms with Crippen LogP contribution >= 0.6 is 0 Å². The second-order valence-electron chi connectivity index (χ2n) is 5.31. The Bertz CT molecular complexity index is 382. The maximum Gasteiger partial charge on any atom is 0.0628 e. The normalized spacial score (nSPS) is 16.9. The molecular weight excluding hydrogens is 214 g/mol. The highest BCUT2D eigenvalue weighted by Gasteiger charge is 2.23. The fraction of sp³-hybridized carbons (Fsp3) is 0.769. The topological polar surface area (TPSA) is 64.1 Å². The molecule has 2 atom stereocenters. The predicted molar refractivity (Wildman–Crippen MR) is 70.1 cm³/mol. The van der Waals surface area contributed by atoms with Gasteiger partial charge in [0.05, 0.1) is 18.3 Å². The third kappa shape index (κ3) is 3.07. The van der Waals surface area contributed by atoms with E-state index in [9.17, 15) is 5.11 Å². The number of aromatic nitrogens is 2. The Morgan fingerprint density at radius 1 is 1.47 bits per heavy atom. The molecule has 0 radical (unpaired) electrons. The van der Waals surface area contributed by atoms with Crippen LogP contribution in [0.2, 0.25) is 0 Å². The van der Waals surface area contributed by atoms with Crippen LogP contribution in [0.4, 0.5) is 0 Å². The summed E-state index contributed by atoms with van der Waals surface area (Å²) in [5, 5.41) is 13.8. The maximum absolute atomic E-state index is 9.21. The molecule has 0 aliphatic carbocycles. The third-order valence-electron chi connectivity index (χ3n) is 3.37. The Hall–Kier alpha value is -0.870. The van der Waals surface area contributed by atoms with Gasteiger partial charge in [-0.25, -0.2) is 0 Å². The Kier molecular flexibility index (Phi) is 4.33. The van der Waals surface area contributed by atoms with Crippen LogP contribution < -0.4 is 5.73 Å². The molecule has 1 aromatic heterocycles. The summed E-state index contributed by atoms with van der Waals surface area (Å²) in [6, 6.07) is 0.205. The van der Waals surface area contributed by atoms with Crippen LogP contribution in [0, 0.1) is 13.8 Å². The van der Waals surface area contributed by atoms with Gasteiger partial charge in [0.2, 0.25) is 0 Å². The van der Waals surface area contributed by atoms with Crippen molar-refractivity contribution in [2.24, 2.45) is 5.73 Å². The van der Waals surface area contributed by atoms with E-state index in [0.29, 0.717) is 6.42 Å². The number of nitrogens with zero attached hydrogens (tertiary/aromatic N) is 2. The van der Waals surface area contributed by atoms with Gasteiger partial charge in [-0.1, -0.05) is 6.92 Å². The zero-order valence-electron chi connectivity index (χ0n) is 11.6. The first-order valence-electron chi connectivity index (χ1n) is 6.26. The van der Waals surface area contributed by atoms with E-state index in [0.717, 1.165) is 12.1 Å². The fourth-order valence-electron chi connectivity index (χ4n) is 2.46. The molecule has 0 amide bonds. The van der Waals surface area contributed by atoms with Crippen molar-refractivity contribution in [3.8, 4) is 0 Å². The highest BCUT2D eigenvalue weighted by atomic mass is 16.3. The minimum atomic E-state index is -0.544. The minimum absolute atomic E-state index is 0.00271. The van der Waals surface area contributed by atoms with Gasteiger partial charge < -0.3 is 10.8 Å². The summed E-state index contributed by atoms with van der Waals surface area (Å²) in [5.41, 5.74) is 9.08. The molecule has 3 N–H and O–H groups in total. The predicted octanol–water partition coefficient (Wildman–Crippen LogP) is 1.72. The number of aryl methyl sites for hydroxylation is 1. The molecular formula is C13H25N3O. The van der Waals surface area contributed by atoms with E-state index < -0.39 is 5.54 Å². The van der Waals surface area contributed by atoms with Gasteiger partial charge in [-0.05, 0) is 46.1 Å². The van der Waals surface area contributed by atoms with Crippen LogP contribution in [0.1, 0.15) is 50.2 Å². The molecule has 0 aliphatic rings. The largest absolute Gasteiger partial charge is 0.394 e. The van der Waals surface area contributed by atoms with E-state index in [1.165, 1.54) is 11.3 Å². The average molecular weight is 239 g/mol. The number of aliphatic hydroxyl groups is 1. The minimum Gasteiger partial charge on any atom is -0.394 e. The number of rotatable bonds is 5. The quantitative estimate of drug-likeness (QED) is 0.822. The van der Waals surface area contributed by atoms with Gasteiger partial charge in [0, 0.05) is 11.2 Å². The second-order valence-corrected chi connectivity index (χ2v) is 5.31. The van der Waals surface area contributed by atoms with Crippen molar-refractivity contribution in [2.45, 2.75) is 59.0 Å². The molecule has 4 heteroatoms. The Morgan fingerprint density at radius 3 is 2.47 bits per heavy atom. The summed E-state index contributed by atoms with van der Waals surface area (Å²) in [5.74, 6) is 0.